The zero-order chi connectivity index (χ0) is 33.4. The summed E-state index contributed by atoms with van der Waals surface area (Å²) >= 11 is 0. The van der Waals surface area contributed by atoms with Gasteiger partial charge in [0, 0.05) is 30.6 Å². The molecule has 45 heavy (non-hydrogen) atoms. The number of halogens is 9. The van der Waals surface area contributed by atoms with E-state index in [9.17, 15) is 52.7 Å². The minimum atomic E-state index is -6.20. The summed E-state index contributed by atoms with van der Waals surface area (Å²) in [5, 5.41) is 0. The van der Waals surface area contributed by atoms with Crippen LogP contribution in [0.2, 0.25) is 0 Å². The Kier molecular flexibility index (Phi) is 9.38. The van der Waals surface area contributed by atoms with Crippen LogP contribution in [0.3, 0.4) is 0 Å². The average Bonchev–Trinajstić information content (AvgIpc) is 2.97. The van der Waals surface area contributed by atoms with Gasteiger partial charge in [-0.3, -0.25) is 4.79 Å². The molecule has 0 aromatic heterocycles. The normalized spacial score (nSPS) is 16.1. The fourth-order valence-electron chi connectivity index (χ4n) is 5.49. The zero-order valence-corrected chi connectivity index (χ0v) is 24.3. The van der Waals surface area contributed by atoms with E-state index in [2.05, 4.69) is 4.74 Å². The minimum absolute atomic E-state index is 0.0960. The first-order chi connectivity index (χ1) is 20.9. The van der Waals surface area contributed by atoms with Crippen LogP contribution in [-0.4, -0.2) is 44.7 Å². The second-order valence-electron chi connectivity index (χ2n) is 10.4. The summed E-state index contributed by atoms with van der Waals surface area (Å²) in [6, 6.07) is 8.26. The number of rotatable bonds is 8. The Morgan fingerprint density at radius 2 is 1.33 bits per heavy atom. The largest absolute Gasteiger partial charge is 0.430 e. The van der Waals surface area contributed by atoms with Crippen LogP contribution < -0.4 is 0 Å². The lowest BCUT2D eigenvalue weighted by Crippen LogP contribution is -2.56. The Morgan fingerprint density at radius 3 is 1.80 bits per heavy atom. The first kappa shape index (κ1) is 34.3. The van der Waals surface area contributed by atoms with Gasteiger partial charge in [-0.25, -0.2) is 21.6 Å². The minimum Gasteiger partial charge on any atom is -0.349 e. The van der Waals surface area contributed by atoms with E-state index >= 15 is 0 Å². The molecular formula is C30H26F9NO4S. The van der Waals surface area contributed by atoms with E-state index in [-0.39, 0.29) is 48.7 Å². The van der Waals surface area contributed by atoms with E-state index in [1.54, 1.807) is 6.92 Å². The van der Waals surface area contributed by atoms with E-state index < -0.39 is 67.7 Å². The van der Waals surface area contributed by atoms with Gasteiger partial charge in [-0.15, -0.1) is 0 Å². The molecule has 15 heteroatoms. The van der Waals surface area contributed by atoms with Crippen LogP contribution in [0.1, 0.15) is 42.9 Å². The molecule has 0 radical (unpaired) electrons. The second kappa shape index (κ2) is 12.3. The predicted molar refractivity (Wildman–Crippen MR) is 143 cm³/mol. The number of hydrogen-bond acceptors (Lipinski definition) is 4. The molecule has 0 atom stereocenters. The number of sulfone groups is 1. The van der Waals surface area contributed by atoms with Crippen LogP contribution in [0.15, 0.2) is 71.6 Å². The van der Waals surface area contributed by atoms with Crippen LogP contribution in [0.5, 0.6) is 0 Å². The standard InChI is InChI=1S/C30H26F9NO4S/c1-2-26(41)40-16-14-27(15-17-40,45(42,43)22-12-10-21(31)11-13-22)19-6-8-20(9-7-19)28(29(34,35)36,30(37,38)39)44-18-23-24(32)4-3-5-25(23)33/h3-13H,2,14-18H2,1H3. The highest BCUT2D eigenvalue weighted by atomic mass is 32.2. The zero-order valence-electron chi connectivity index (χ0n) is 23.5. The van der Waals surface area contributed by atoms with Gasteiger partial charge >= 0.3 is 12.4 Å². The Hall–Kier alpha value is -3.59. The molecule has 0 spiro atoms. The van der Waals surface area contributed by atoms with Crippen molar-refractivity contribution in [2.45, 2.75) is 60.4 Å². The number of carbonyl (C=O) groups is 1. The number of hydrogen-bond donors (Lipinski definition) is 0. The third kappa shape index (κ3) is 6.03. The van der Waals surface area contributed by atoms with Crippen molar-refractivity contribution in [3.8, 4) is 0 Å². The van der Waals surface area contributed by atoms with Crippen molar-refractivity contribution >= 4 is 15.7 Å². The summed E-state index contributed by atoms with van der Waals surface area (Å²) in [5.74, 6) is -3.89. The maximum Gasteiger partial charge on any atom is 0.430 e. The first-order valence-corrected chi connectivity index (χ1v) is 15.0. The highest BCUT2D eigenvalue weighted by Gasteiger charge is 2.73. The van der Waals surface area contributed by atoms with Crippen molar-refractivity contribution < 1.29 is 57.5 Å². The van der Waals surface area contributed by atoms with Crippen LogP contribution in [0.4, 0.5) is 39.5 Å². The van der Waals surface area contributed by atoms with Crippen LogP contribution in [0.25, 0.3) is 0 Å². The van der Waals surface area contributed by atoms with Crippen molar-refractivity contribution in [1.82, 2.24) is 4.90 Å². The molecule has 244 valence electrons. The SMILES string of the molecule is CCC(=O)N1CCC(c2ccc(C(OCc3c(F)cccc3F)(C(F)(F)F)C(F)(F)F)cc2)(S(=O)(=O)c2ccc(F)cc2)CC1. The van der Waals surface area contributed by atoms with Gasteiger partial charge in [0.05, 0.1) is 11.5 Å². The maximum atomic E-state index is 14.4. The molecule has 1 fully saturated rings. The molecule has 1 saturated heterocycles. The van der Waals surface area contributed by atoms with Crippen molar-refractivity contribution in [2.24, 2.45) is 0 Å². The van der Waals surface area contributed by atoms with Gasteiger partial charge in [0.1, 0.15) is 22.2 Å². The van der Waals surface area contributed by atoms with E-state index in [4.69, 9.17) is 0 Å². The van der Waals surface area contributed by atoms with Gasteiger partial charge in [-0.2, -0.15) is 26.3 Å². The third-order valence-electron chi connectivity index (χ3n) is 7.98. The molecule has 0 aliphatic carbocycles. The highest BCUT2D eigenvalue weighted by Crippen LogP contribution is 2.54. The summed E-state index contributed by atoms with van der Waals surface area (Å²) in [5.41, 5.74) is -7.93. The third-order valence-corrected chi connectivity index (χ3v) is 10.5. The number of carbonyl (C=O) groups excluding carboxylic acids is 1. The molecule has 0 N–H and O–H groups in total. The van der Waals surface area contributed by atoms with Crippen molar-refractivity contribution in [1.29, 1.82) is 0 Å². The van der Waals surface area contributed by atoms with E-state index in [1.807, 2.05) is 0 Å². The van der Waals surface area contributed by atoms with E-state index in [0.717, 1.165) is 42.5 Å². The van der Waals surface area contributed by atoms with Crippen molar-refractivity contribution in [2.75, 3.05) is 13.1 Å². The molecule has 3 aromatic carbocycles. The number of ether oxygens (including phenoxy) is 1. The Balaban J connectivity index is 1.84. The van der Waals surface area contributed by atoms with Gasteiger partial charge in [0.25, 0.3) is 5.60 Å². The molecule has 1 aliphatic rings. The van der Waals surface area contributed by atoms with Crippen molar-refractivity contribution in [3.63, 3.8) is 0 Å². The Morgan fingerprint density at radius 1 is 0.822 bits per heavy atom. The molecular weight excluding hydrogens is 641 g/mol. The number of likely N-dealkylation sites (tertiary alicyclic amines) is 1. The molecule has 4 rings (SSSR count). The fraction of sp³-hybridized carbons (Fsp3) is 0.367. The van der Waals surface area contributed by atoms with E-state index in [0.29, 0.717) is 24.3 Å². The molecule has 3 aromatic rings. The Bertz CT molecular complexity index is 1600. The first-order valence-electron chi connectivity index (χ1n) is 13.5. The lowest BCUT2D eigenvalue weighted by molar-refractivity contribution is -0.392. The quantitative estimate of drug-likeness (QED) is 0.186. The maximum absolute atomic E-state index is 14.4. The summed E-state index contributed by atoms with van der Waals surface area (Å²) in [7, 11) is -4.47. The number of benzene rings is 3. The molecule has 1 heterocycles. The highest BCUT2D eigenvalue weighted by molar-refractivity contribution is 7.92. The predicted octanol–water partition coefficient (Wildman–Crippen LogP) is 7.34. The molecule has 1 amide bonds. The lowest BCUT2D eigenvalue weighted by atomic mass is 9.85. The lowest BCUT2D eigenvalue weighted by Gasteiger charge is -2.42. The molecule has 5 nitrogen and oxygen atoms in total. The summed E-state index contributed by atoms with van der Waals surface area (Å²) in [6.45, 7) is -0.347. The van der Waals surface area contributed by atoms with Crippen molar-refractivity contribution in [3.05, 3.63) is 101 Å². The van der Waals surface area contributed by atoms with Gasteiger partial charge in [0.15, 0.2) is 9.84 Å². The second-order valence-corrected chi connectivity index (χ2v) is 12.7. The average molecular weight is 668 g/mol. The summed E-state index contributed by atoms with van der Waals surface area (Å²) in [4.78, 5) is 13.3. The number of alkyl halides is 6. The summed E-state index contributed by atoms with van der Waals surface area (Å²) in [6.07, 6.45) is -12.8. The molecule has 0 bridgehead atoms. The fourth-order valence-corrected chi connectivity index (χ4v) is 7.60. The monoisotopic (exact) mass is 667 g/mol. The number of nitrogens with zero attached hydrogens (tertiary/aromatic N) is 1. The molecule has 0 saturated carbocycles. The van der Waals surface area contributed by atoms with Gasteiger partial charge < -0.3 is 9.64 Å². The molecule has 1 aliphatic heterocycles. The Labute approximate surface area is 252 Å². The number of amides is 1. The van der Waals surface area contributed by atoms with Crippen LogP contribution in [-0.2, 0) is 36.3 Å². The molecule has 0 unspecified atom stereocenters. The van der Waals surface area contributed by atoms with Gasteiger partial charge in [-0.05, 0) is 54.8 Å². The topological polar surface area (TPSA) is 63.7 Å². The van der Waals surface area contributed by atoms with Crippen LogP contribution >= 0.6 is 0 Å². The van der Waals surface area contributed by atoms with E-state index in [1.165, 1.54) is 4.90 Å². The smallest absolute Gasteiger partial charge is 0.349 e. The van der Waals surface area contributed by atoms with Crippen LogP contribution in [0, 0.1) is 17.5 Å². The van der Waals surface area contributed by atoms with Gasteiger partial charge in [0.2, 0.25) is 5.91 Å². The summed E-state index contributed by atoms with van der Waals surface area (Å²) < 4.78 is 159. The van der Waals surface area contributed by atoms with Gasteiger partial charge in [-0.1, -0.05) is 37.3 Å². The number of piperidine rings is 1.